The summed E-state index contributed by atoms with van der Waals surface area (Å²) in [6.07, 6.45) is 0.503. The standard InChI is InChI=1S/C18H20ClF/c1-18(2,3)15-10-8-13(9-11-15)16(19)12-14-6-4-5-7-17(14)20/h4-11,16H,12H2,1-3H3. The second kappa shape index (κ2) is 5.97. The smallest absolute Gasteiger partial charge is 0.126 e. The van der Waals surface area contributed by atoms with E-state index in [4.69, 9.17) is 11.6 Å². The van der Waals surface area contributed by atoms with E-state index in [2.05, 4.69) is 32.9 Å². The maximum absolute atomic E-state index is 13.6. The van der Waals surface area contributed by atoms with Gasteiger partial charge >= 0.3 is 0 Å². The van der Waals surface area contributed by atoms with Gasteiger partial charge in [-0.3, -0.25) is 0 Å². The Balaban J connectivity index is 2.14. The van der Waals surface area contributed by atoms with E-state index in [1.54, 1.807) is 12.1 Å². The second-order valence-corrected chi connectivity index (χ2v) is 6.66. The van der Waals surface area contributed by atoms with E-state index in [1.165, 1.54) is 11.6 Å². The molecule has 0 nitrogen and oxygen atoms in total. The van der Waals surface area contributed by atoms with Gasteiger partial charge in [0.05, 0.1) is 5.38 Å². The molecule has 1 atom stereocenters. The summed E-state index contributed by atoms with van der Waals surface area (Å²) in [6, 6.07) is 15.1. The third-order valence-electron chi connectivity index (χ3n) is 3.50. The lowest BCUT2D eigenvalue weighted by molar-refractivity contribution is 0.589. The van der Waals surface area contributed by atoms with Crippen LogP contribution in [0.2, 0.25) is 0 Å². The highest BCUT2D eigenvalue weighted by Crippen LogP contribution is 2.29. The van der Waals surface area contributed by atoms with Crippen molar-refractivity contribution in [1.29, 1.82) is 0 Å². The van der Waals surface area contributed by atoms with Crippen LogP contribution >= 0.6 is 11.6 Å². The van der Waals surface area contributed by atoms with Gasteiger partial charge in [-0.15, -0.1) is 11.6 Å². The molecule has 20 heavy (non-hydrogen) atoms. The van der Waals surface area contributed by atoms with Crippen LogP contribution < -0.4 is 0 Å². The fourth-order valence-corrected chi connectivity index (χ4v) is 2.48. The van der Waals surface area contributed by atoms with Crippen molar-refractivity contribution in [2.45, 2.75) is 38.0 Å². The van der Waals surface area contributed by atoms with Crippen LogP contribution in [0, 0.1) is 5.82 Å². The molecule has 2 aromatic rings. The summed E-state index contributed by atoms with van der Waals surface area (Å²) in [5.74, 6) is -0.190. The number of hydrogen-bond donors (Lipinski definition) is 0. The quantitative estimate of drug-likeness (QED) is 0.641. The topological polar surface area (TPSA) is 0 Å². The highest BCUT2D eigenvalue weighted by atomic mass is 35.5. The minimum atomic E-state index is -0.207. The minimum Gasteiger partial charge on any atom is -0.207 e. The van der Waals surface area contributed by atoms with E-state index in [1.807, 2.05) is 18.2 Å². The normalized spacial score (nSPS) is 13.2. The van der Waals surface area contributed by atoms with Crippen molar-refractivity contribution < 1.29 is 4.39 Å². The molecule has 0 aliphatic heterocycles. The van der Waals surface area contributed by atoms with Crippen molar-refractivity contribution in [3.05, 3.63) is 71.0 Å². The zero-order chi connectivity index (χ0) is 14.8. The van der Waals surface area contributed by atoms with Gasteiger partial charge in [0.1, 0.15) is 5.82 Å². The Morgan fingerprint density at radius 1 is 1.00 bits per heavy atom. The monoisotopic (exact) mass is 290 g/mol. The summed E-state index contributed by atoms with van der Waals surface area (Å²) in [4.78, 5) is 0. The predicted octanol–water partition coefficient (Wildman–Crippen LogP) is 5.65. The van der Waals surface area contributed by atoms with Gasteiger partial charge in [0.15, 0.2) is 0 Å². The number of halogens is 2. The maximum atomic E-state index is 13.6. The fourth-order valence-electron chi connectivity index (χ4n) is 2.17. The van der Waals surface area contributed by atoms with Gasteiger partial charge < -0.3 is 0 Å². The van der Waals surface area contributed by atoms with Crippen LogP contribution in [0.5, 0.6) is 0 Å². The average Bonchev–Trinajstić information content (AvgIpc) is 2.40. The van der Waals surface area contributed by atoms with Gasteiger partial charge in [0.25, 0.3) is 0 Å². The van der Waals surface area contributed by atoms with E-state index in [0.29, 0.717) is 12.0 Å². The van der Waals surface area contributed by atoms with Crippen molar-refractivity contribution in [1.82, 2.24) is 0 Å². The van der Waals surface area contributed by atoms with E-state index in [-0.39, 0.29) is 16.6 Å². The van der Waals surface area contributed by atoms with E-state index in [9.17, 15) is 4.39 Å². The molecule has 0 saturated carbocycles. The van der Waals surface area contributed by atoms with Crippen LogP contribution in [-0.4, -0.2) is 0 Å². The molecule has 0 N–H and O–H groups in total. The third-order valence-corrected chi connectivity index (χ3v) is 3.90. The van der Waals surface area contributed by atoms with Crippen LogP contribution in [0.4, 0.5) is 4.39 Å². The zero-order valence-electron chi connectivity index (χ0n) is 12.2. The fraction of sp³-hybridized carbons (Fsp3) is 0.333. The molecule has 0 amide bonds. The first-order chi connectivity index (χ1) is 9.38. The molecule has 0 aliphatic rings. The molecule has 0 radical (unpaired) electrons. The number of rotatable bonds is 3. The second-order valence-electron chi connectivity index (χ2n) is 6.14. The van der Waals surface area contributed by atoms with Crippen molar-refractivity contribution in [3.8, 4) is 0 Å². The lowest BCUT2D eigenvalue weighted by Gasteiger charge is -2.20. The Bertz CT molecular complexity index is 567. The van der Waals surface area contributed by atoms with E-state index < -0.39 is 0 Å². The summed E-state index contributed by atoms with van der Waals surface area (Å²) in [7, 11) is 0. The third kappa shape index (κ3) is 3.61. The van der Waals surface area contributed by atoms with Crippen LogP contribution in [0.25, 0.3) is 0 Å². The lowest BCUT2D eigenvalue weighted by Crippen LogP contribution is -2.11. The van der Waals surface area contributed by atoms with Crippen LogP contribution in [0.3, 0.4) is 0 Å². The lowest BCUT2D eigenvalue weighted by atomic mass is 9.86. The summed E-state index contributed by atoms with van der Waals surface area (Å²) in [6.45, 7) is 6.54. The minimum absolute atomic E-state index is 0.131. The van der Waals surface area contributed by atoms with E-state index >= 15 is 0 Å². The molecule has 0 spiro atoms. The predicted molar refractivity (Wildman–Crippen MR) is 83.8 cm³/mol. The molecule has 0 heterocycles. The molecule has 1 unspecified atom stereocenters. The molecule has 106 valence electrons. The number of benzene rings is 2. The molecule has 0 fully saturated rings. The first-order valence-corrected chi connectivity index (χ1v) is 7.29. The Morgan fingerprint density at radius 3 is 2.15 bits per heavy atom. The van der Waals surface area contributed by atoms with Crippen molar-refractivity contribution in [2.75, 3.05) is 0 Å². The molecule has 2 heteroatoms. The molecule has 0 bridgehead atoms. The summed E-state index contributed by atoms with van der Waals surface area (Å²) >= 11 is 6.41. The van der Waals surface area contributed by atoms with E-state index in [0.717, 1.165) is 5.56 Å². The largest absolute Gasteiger partial charge is 0.207 e. The number of alkyl halides is 1. The molecule has 0 aromatic heterocycles. The van der Waals surface area contributed by atoms with Crippen molar-refractivity contribution in [3.63, 3.8) is 0 Å². The molecular weight excluding hydrogens is 271 g/mol. The zero-order valence-corrected chi connectivity index (χ0v) is 12.9. The molecule has 2 aromatic carbocycles. The Labute approximate surface area is 125 Å². The van der Waals surface area contributed by atoms with Gasteiger partial charge in [-0.25, -0.2) is 4.39 Å². The highest BCUT2D eigenvalue weighted by Gasteiger charge is 2.15. The summed E-state index contributed by atoms with van der Waals surface area (Å²) in [5.41, 5.74) is 3.10. The van der Waals surface area contributed by atoms with Crippen molar-refractivity contribution >= 4 is 11.6 Å². The SMILES string of the molecule is CC(C)(C)c1ccc(C(Cl)Cc2ccccc2F)cc1. The first-order valence-electron chi connectivity index (χ1n) is 6.86. The molecule has 2 rings (SSSR count). The van der Waals surface area contributed by atoms with Gasteiger partial charge in [0, 0.05) is 0 Å². The Morgan fingerprint density at radius 2 is 1.60 bits per heavy atom. The Hall–Kier alpha value is -1.34. The van der Waals surface area contributed by atoms with Crippen LogP contribution in [-0.2, 0) is 11.8 Å². The maximum Gasteiger partial charge on any atom is 0.126 e. The van der Waals surface area contributed by atoms with Gasteiger partial charge in [-0.2, -0.15) is 0 Å². The highest BCUT2D eigenvalue weighted by molar-refractivity contribution is 6.20. The summed E-state index contributed by atoms with van der Waals surface area (Å²) < 4.78 is 13.6. The van der Waals surface area contributed by atoms with Crippen LogP contribution in [0.15, 0.2) is 48.5 Å². The molecular formula is C18H20ClF. The first kappa shape index (κ1) is 15.1. The molecule has 0 aliphatic carbocycles. The van der Waals surface area contributed by atoms with Crippen LogP contribution in [0.1, 0.15) is 42.8 Å². The average molecular weight is 291 g/mol. The van der Waals surface area contributed by atoms with Crippen molar-refractivity contribution in [2.24, 2.45) is 0 Å². The number of hydrogen-bond acceptors (Lipinski definition) is 0. The van der Waals surface area contributed by atoms with Gasteiger partial charge in [-0.1, -0.05) is 63.2 Å². The summed E-state index contributed by atoms with van der Waals surface area (Å²) in [5, 5.41) is -0.207. The van der Waals surface area contributed by atoms with Gasteiger partial charge in [-0.05, 0) is 34.6 Å². The molecule has 0 saturated heterocycles. The van der Waals surface area contributed by atoms with Gasteiger partial charge in [0.2, 0.25) is 0 Å². The Kier molecular flexibility index (Phi) is 4.49.